The first-order valence-corrected chi connectivity index (χ1v) is 10.5. The summed E-state index contributed by atoms with van der Waals surface area (Å²) in [6.45, 7) is 10.0. The van der Waals surface area contributed by atoms with Gasteiger partial charge < -0.3 is 10.2 Å². The van der Waals surface area contributed by atoms with Gasteiger partial charge in [-0.1, -0.05) is 0 Å². The van der Waals surface area contributed by atoms with Crippen LogP contribution in [-0.4, -0.2) is 67.5 Å². The van der Waals surface area contributed by atoms with Crippen molar-refractivity contribution in [3.05, 3.63) is 0 Å². The molecule has 0 aliphatic carbocycles. The summed E-state index contributed by atoms with van der Waals surface area (Å²) < 4.78 is 23.3. The second-order valence-corrected chi connectivity index (χ2v) is 10.5. The lowest BCUT2D eigenvalue weighted by atomic mass is 10.1. The van der Waals surface area contributed by atoms with E-state index in [4.69, 9.17) is 4.99 Å². The van der Waals surface area contributed by atoms with E-state index in [1.807, 2.05) is 11.8 Å². The predicted molar refractivity (Wildman–Crippen MR) is 90.8 cm³/mol. The highest BCUT2D eigenvalue weighted by Gasteiger charge is 2.30. The molecule has 2 heterocycles. The smallest absolute Gasteiger partial charge is 0.193 e. The molecule has 5 nitrogen and oxygen atoms in total. The molecule has 2 fully saturated rings. The largest absolute Gasteiger partial charge is 0.357 e. The van der Waals surface area contributed by atoms with Gasteiger partial charge in [-0.3, -0.25) is 4.99 Å². The van der Waals surface area contributed by atoms with Crippen LogP contribution in [0.3, 0.4) is 0 Å². The zero-order chi connectivity index (χ0) is 15.5. The van der Waals surface area contributed by atoms with Crippen molar-refractivity contribution in [2.45, 2.75) is 31.9 Å². The van der Waals surface area contributed by atoms with Crippen LogP contribution in [-0.2, 0) is 9.84 Å². The first-order chi connectivity index (χ1) is 9.81. The minimum atomic E-state index is -2.81. The normalized spacial score (nSPS) is 28.6. The van der Waals surface area contributed by atoms with Crippen molar-refractivity contribution in [3.8, 4) is 0 Å². The molecule has 2 rings (SSSR count). The number of nitrogens with zero attached hydrogens (tertiary/aromatic N) is 2. The van der Waals surface area contributed by atoms with Gasteiger partial charge in [-0.15, -0.1) is 0 Å². The van der Waals surface area contributed by atoms with Crippen molar-refractivity contribution in [3.63, 3.8) is 0 Å². The molecule has 1 N–H and O–H groups in total. The van der Waals surface area contributed by atoms with Gasteiger partial charge in [0.25, 0.3) is 0 Å². The Hall–Kier alpha value is -0.430. The number of aliphatic imine (C=N–C) groups is 1. The van der Waals surface area contributed by atoms with E-state index < -0.39 is 9.84 Å². The second-order valence-electron chi connectivity index (χ2n) is 6.49. The van der Waals surface area contributed by atoms with Crippen molar-refractivity contribution in [2.75, 3.05) is 43.4 Å². The molecule has 122 valence electrons. The summed E-state index contributed by atoms with van der Waals surface area (Å²) in [4.78, 5) is 7.02. The Morgan fingerprint density at radius 2 is 2.24 bits per heavy atom. The number of rotatable bonds is 3. The quantitative estimate of drug-likeness (QED) is 0.621. The van der Waals surface area contributed by atoms with Crippen LogP contribution in [0.5, 0.6) is 0 Å². The van der Waals surface area contributed by atoms with Crippen LogP contribution in [0.4, 0.5) is 0 Å². The molecule has 1 unspecified atom stereocenters. The molecule has 0 aromatic heterocycles. The fourth-order valence-corrected chi connectivity index (χ4v) is 5.82. The van der Waals surface area contributed by atoms with Crippen molar-refractivity contribution in [2.24, 2.45) is 10.9 Å². The maximum absolute atomic E-state index is 11.5. The van der Waals surface area contributed by atoms with Gasteiger partial charge in [0.1, 0.15) is 0 Å². The topological polar surface area (TPSA) is 61.8 Å². The van der Waals surface area contributed by atoms with Crippen molar-refractivity contribution < 1.29 is 8.42 Å². The average molecular weight is 334 g/mol. The summed E-state index contributed by atoms with van der Waals surface area (Å²) in [5, 5.41) is 3.35. The molecule has 1 atom stereocenters. The monoisotopic (exact) mass is 333 g/mol. The lowest BCUT2D eigenvalue weighted by molar-refractivity contribution is 0.374. The van der Waals surface area contributed by atoms with E-state index in [-0.39, 0.29) is 10.7 Å². The molecule has 0 spiro atoms. The van der Waals surface area contributed by atoms with Crippen LogP contribution in [0.2, 0.25) is 0 Å². The Labute approximate surface area is 132 Å². The van der Waals surface area contributed by atoms with E-state index in [1.165, 1.54) is 0 Å². The summed E-state index contributed by atoms with van der Waals surface area (Å²) in [5.41, 5.74) is 0. The SMILES string of the molecule is CCNC(=NCC1CCS(=O)(=O)C1)N1CCSC(C)(C)C1. The Bertz CT molecular complexity index is 488. The molecule has 0 radical (unpaired) electrons. The van der Waals surface area contributed by atoms with Gasteiger partial charge in [-0.25, -0.2) is 8.42 Å². The fraction of sp³-hybridized carbons (Fsp3) is 0.929. The first-order valence-electron chi connectivity index (χ1n) is 7.69. The van der Waals surface area contributed by atoms with Gasteiger partial charge in [0.2, 0.25) is 0 Å². The number of hydrogen-bond acceptors (Lipinski definition) is 4. The zero-order valence-electron chi connectivity index (χ0n) is 13.3. The van der Waals surface area contributed by atoms with E-state index in [1.54, 1.807) is 0 Å². The van der Waals surface area contributed by atoms with Crippen LogP contribution in [0.1, 0.15) is 27.2 Å². The van der Waals surface area contributed by atoms with Crippen LogP contribution in [0.15, 0.2) is 4.99 Å². The highest BCUT2D eigenvalue weighted by atomic mass is 32.2. The average Bonchev–Trinajstić information content (AvgIpc) is 2.73. The van der Waals surface area contributed by atoms with Gasteiger partial charge in [0, 0.05) is 36.7 Å². The highest BCUT2D eigenvalue weighted by molar-refractivity contribution is 8.00. The maximum Gasteiger partial charge on any atom is 0.193 e. The molecule has 0 aromatic rings. The standard InChI is InChI=1S/C14H27N3O2S2/c1-4-15-13(17-6-7-20-14(2,3)11-17)16-9-12-5-8-21(18,19)10-12/h12H,4-11H2,1-3H3,(H,15,16). The molecule has 7 heteroatoms. The molecule has 2 aliphatic rings. The third-order valence-corrected chi connectivity index (χ3v) is 7.02. The molecule has 0 amide bonds. The van der Waals surface area contributed by atoms with E-state index in [2.05, 4.69) is 31.0 Å². The van der Waals surface area contributed by atoms with Gasteiger partial charge in [0.05, 0.1) is 11.5 Å². The molecular formula is C14H27N3O2S2. The number of thioether (sulfide) groups is 1. The lowest BCUT2D eigenvalue weighted by Gasteiger charge is -2.39. The minimum Gasteiger partial charge on any atom is -0.357 e. The van der Waals surface area contributed by atoms with Crippen LogP contribution in [0, 0.1) is 5.92 Å². The second kappa shape index (κ2) is 6.77. The maximum atomic E-state index is 11.5. The van der Waals surface area contributed by atoms with Crippen LogP contribution in [0.25, 0.3) is 0 Å². The summed E-state index contributed by atoms with van der Waals surface area (Å²) in [5.74, 6) is 2.87. The predicted octanol–water partition coefficient (Wildman–Crippen LogP) is 1.21. The zero-order valence-corrected chi connectivity index (χ0v) is 14.9. The van der Waals surface area contributed by atoms with E-state index in [9.17, 15) is 8.42 Å². The fourth-order valence-electron chi connectivity index (χ4n) is 2.85. The summed E-state index contributed by atoms with van der Waals surface area (Å²) in [6.07, 6.45) is 0.757. The molecule has 2 saturated heterocycles. The minimum absolute atomic E-state index is 0.191. The van der Waals surface area contributed by atoms with E-state index in [0.717, 1.165) is 37.8 Å². The summed E-state index contributed by atoms with van der Waals surface area (Å²) in [7, 11) is -2.81. The van der Waals surface area contributed by atoms with Crippen LogP contribution >= 0.6 is 11.8 Å². The van der Waals surface area contributed by atoms with Crippen molar-refractivity contribution in [1.29, 1.82) is 0 Å². The molecule has 0 bridgehead atoms. The Morgan fingerprint density at radius 1 is 1.48 bits per heavy atom. The van der Waals surface area contributed by atoms with Gasteiger partial charge >= 0.3 is 0 Å². The summed E-state index contributed by atoms with van der Waals surface area (Å²) >= 11 is 2.00. The molecule has 21 heavy (non-hydrogen) atoms. The lowest BCUT2D eigenvalue weighted by Crippen LogP contribution is -2.51. The van der Waals surface area contributed by atoms with Crippen molar-refractivity contribution in [1.82, 2.24) is 10.2 Å². The number of nitrogens with one attached hydrogen (secondary N) is 1. The molecule has 2 aliphatic heterocycles. The number of guanidine groups is 1. The Balaban J connectivity index is 1.99. The Morgan fingerprint density at radius 3 is 2.81 bits per heavy atom. The van der Waals surface area contributed by atoms with E-state index >= 15 is 0 Å². The molecule has 0 aromatic carbocycles. The molecular weight excluding hydrogens is 306 g/mol. The first kappa shape index (κ1) is 16.9. The van der Waals surface area contributed by atoms with Gasteiger partial charge in [0.15, 0.2) is 15.8 Å². The van der Waals surface area contributed by atoms with E-state index in [0.29, 0.717) is 18.1 Å². The van der Waals surface area contributed by atoms with Crippen molar-refractivity contribution >= 4 is 27.6 Å². The third-order valence-electron chi connectivity index (χ3n) is 3.89. The number of hydrogen-bond donors (Lipinski definition) is 1. The summed E-state index contributed by atoms with van der Waals surface area (Å²) in [6, 6.07) is 0. The van der Waals surface area contributed by atoms with Gasteiger partial charge in [-0.05, 0) is 33.1 Å². The third kappa shape index (κ3) is 5.06. The molecule has 0 saturated carbocycles. The van der Waals surface area contributed by atoms with Gasteiger partial charge in [-0.2, -0.15) is 11.8 Å². The van der Waals surface area contributed by atoms with Crippen LogP contribution < -0.4 is 5.32 Å². The number of sulfone groups is 1. The Kier molecular flexibility index (Phi) is 5.46. The highest BCUT2D eigenvalue weighted by Crippen LogP contribution is 2.29.